The molecule has 0 aliphatic rings. The van der Waals surface area contributed by atoms with Crippen molar-refractivity contribution < 1.29 is 4.79 Å². The third-order valence-corrected chi connectivity index (χ3v) is 0. The van der Waals surface area contributed by atoms with Gasteiger partial charge in [-0.3, -0.25) is 0 Å². The highest BCUT2D eigenvalue weighted by atomic mass is 16.1. The second-order valence-corrected chi connectivity index (χ2v) is 0.227. The van der Waals surface area contributed by atoms with Crippen LogP contribution in [0.25, 0.3) is 0 Å². The van der Waals surface area contributed by atoms with E-state index in [1.165, 1.54) is 6.01 Å². The third-order valence-electron chi connectivity index (χ3n) is 0. The number of nitrogens with one attached hydrogen (secondary N) is 3. The van der Waals surface area contributed by atoms with Crippen molar-refractivity contribution in [3.8, 4) is 0 Å². The van der Waals surface area contributed by atoms with E-state index in [1.807, 2.05) is 0 Å². The molecule has 0 rings (SSSR count). The standard InChI is InChI=1S/CH2N2.CHNO/c2*2-1-3/h2-3H;2H. The molecule has 0 saturated carbocycles. The van der Waals surface area contributed by atoms with Gasteiger partial charge >= 0.3 is 0 Å². The molecule has 0 fully saturated rings. The average Bonchev–Trinajstić information content (AvgIpc) is 1.39. The van der Waals surface area contributed by atoms with Gasteiger partial charge in [-0.2, -0.15) is 0 Å². The maximum atomic E-state index is 8.35. The Balaban J connectivity index is 0. The fourth-order valence-corrected chi connectivity index (χ4v) is 0. The zero-order valence-electron chi connectivity index (χ0n) is 2.91. The van der Waals surface area contributed by atoms with Crippen LogP contribution in [0.2, 0.25) is 0 Å². The van der Waals surface area contributed by atoms with Gasteiger partial charge in [-0.15, -0.1) is 0 Å². The van der Waals surface area contributed by atoms with Crippen molar-refractivity contribution in [2.45, 2.75) is 0 Å². The molecule has 0 aromatic heterocycles. The zero-order chi connectivity index (χ0) is 5.41. The van der Waals surface area contributed by atoms with Gasteiger partial charge in [-0.1, -0.05) is 0 Å². The van der Waals surface area contributed by atoms with Crippen molar-refractivity contribution in [1.82, 2.24) is 0 Å². The molecule has 0 radical (unpaired) electrons. The van der Waals surface area contributed by atoms with Crippen LogP contribution in [0, 0.1) is 16.2 Å². The molecule has 0 aliphatic heterocycles. The van der Waals surface area contributed by atoms with Gasteiger partial charge in [-0.25, -0.2) is 21.0 Å². The van der Waals surface area contributed by atoms with Crippen LogP contribution < -0.4 is 0 Å². The molecule has 4 nitrogen and oxygen atoms in total. The molecule has 6 heavy (non-hydrogen) atoms. The number of isocyanates is 1. The van der Waals surface area contributed by atoms with Gasteiger partial charge in [0.25, 0.3) is 0 Å². The minimum Gasteiger partial charge on any atom is -0.242 e. The van der Waals surface area contributed by atoms with Crippen molar-refractivity contribution in [2.75, 3.05) is 0 Å². The molecule has 0 heterocycles. The fourth-order valence-electron chi connectivity index (χ4n) is 0. The number of rotatable bonds is 0. The summed E-state index contributed by atoms with van der Waals surface area (Å²) < 4.78 is 0. The highest BCUT2D eigenvalue weighted by molar-refractivity contribution is 5.29. The Morgan fingerprint density at radius 2 is 1.17 bits per heavy atom. The van der Waals surface area contributed by atoms with Crippen LogP contribution in [0.1, 0.15) is 0 Å². The Kier molecular flexibility index (Phi) is 73.0. The molecule has 4 heteroatoms. The van der Waals surface area contributed by atoms with Crippen LogP contribution in [0.4, 0.5) is 0 Å². The summed E-state index contributed by atoms with van der Waals surface area (Å²) in [6.07, 6.45) is 0.750. The van der Waals surface area contributed by atoms with Crippen LogP contribution >= 0.6 is 0 Å². The SMILES string of the molecule is N=C=N.N=C=O. The monoisotopic (exact) mass is 85.0 g/mol. The van der Waals surface area contributed by atoms with Crippen molar-refractivity contribution in [1.29, 1.82) is 16.2 Å². The summed E-state index contributed by atoms with van der Waals surface area (Å²) in [5, 5.41) is 16.7. The van der Waals surface area contributed by atoms with E-state index < -0.39 is 0 Å². The predicted octanol–water partition coefficient (Wildman–Crippen LogP) is 0.219. The number of carbonyl (C=O) groups excluding carboxylic acids is 1. The first-order chi connectivity index (χ1) is 2.83. The summed E-state index contributed by atoms with van der Waals surface area (Å²) in [5.41, 5.74) is 0. The van der Waals surface area contributed by atoms with E-state index in [2.05, 4.69) is 0 Å². The summed E-state index contributed by atoms with van der Waals surface area (Å²) in [6, 6.07) is 1.25. The predicted molar refractivity (Wildman–Crippen MR) is 18.9 cm³/mol. The van der Waals surface area contributed by atoms with Crippen LogP contribution in [-0.4, -0.2) is 12.1 Å². The van der Waals surface area contributed by atoms with Crippen molar-refractivity contribution in [3.63, 3.8) is 0 Å². The molecule has 0 spiro atoms. The van der Waals surface area contributed by atoms with E-state index in [1.54, 1.807) is 0 Å². The van der Waals surface area contributed by atoms with E-state index in [0.29, 0.717) is 0 Å². The molecule has 0 aliphatic carbocycles. The lowest BCUT2D eigenvalue weighted by Crippen LogP contribution is -1.16. The smallest absolute Gasteiger partial charge is 0.231 e. The first-order valence-corrected chi connectivity index (χ1v) is 0.954. The maximum absolute atomic E-state index is 8.35. The van der Waals surface area contributed by atoms with Gasteiger partial charge < -0.3 is 0 Å². The van der Waals surface area contributed by atoms with Crippen molar-refractivity contribution in [2.24, 2.45) is 0 Å². The quantitative estimate of drug-likeness (QED) is 0.285. The third kappa shape index (κ3) is 5.56. The summed E-state index contributed by atoms with van der Waals surface area (Å²) >= 11 is 0. The lowest BCUT2D eigenvalue weighted by Gasteiger charge is -1.09. The summed E-state index contributed by atoms with van der Waals surface area (Å²) in [5.74, 6) is 0. The highest BCUT2D eigenvalue weighted by Gasteiger charge is 1.03. The maximum Gasteiger partial charge on any atom is 0.231 e. The van der Waals surface area contributed by atoms with Gasteiger partial charge in [-0.05, 0) is 0 Å². The van der Waals surface area contributed by atoms with E-state index >= 15 is 0 Å². The minimum absolute atomic E-state index is 0.750. The van der Waals surface area contributed by atoms with Crippen LogP contribution in [0.15, 0.2) is 0 Å². The molecular weight excluding hydrogens is 82.0 g/mol. The second-order valence-electron chi connectivity index (χ2n) is 0.227. The van der Waals surface area contributed by atoms with E-state index in [4.69, 9.17) is 21.0 Å². The zero-order valence-corrected chi connectivity index (χ0v) is 2.91. The van der Waals surface area contributed by atoms with E-state index in [0.717, 1.165) is 6.08 Å². The van der Waals surface area contributed by atoms with Crippen molar-refractivity contribution in [3.05, 3.63) is 0 Å². The largest absolute Gasteiger partial charge is 0.242 e. The normalized spacial score (nSPS) is 2.67. The lowest BCUT2D eigenvalue weighted by molar-refractivity contribution is 0.563. The Labute approximate surface area is 34.3 Å². The molecule has 0 aromatic rings. The average molecular weight is 85.1 g/mol. The molecule has 0 aromatic carbocycles. The van der Waals surface area contributed by atoms with Gasteiger partial charge in [0.15, 0.2) is 0 Å². The Morgan fingerprint density at radius 1 is 1.17 bits per heavy atom. The minimum atomic E-state index is 0.750. The van der Waals surface area contributed by atoms with Gasteiger partial charge in [0.1, 0.15) is 0 Å². The Morgan fingerprint density at radius 3 is 1.17 bits per heavy atom. The molecule has 32 valence electrons. The summed E-state index contributed by atoms with van der Waals surface area (Å²) in [7, 11) is 0. The summed E-state index contributed by atoms with van der Waals surface area (Å²) in [6.45, 7) is 0. The highest BCUT2D eigenvalue weighted by Crippen LogP contribution is 0.920. The molecule has 3 N–H and O–H groups in total. The Hall–Kier alpha value is -1.24. The topological polar surface area (TPSA) is 88.6 Å². The molecule has 0 saturated heterocycles. The van der Waals surface area contributed by atoms with Crippen molar-refractivity contribution >= 4 is 12.1 Å². The molecule has 0 amide bonds. The fraction of sp³-hybridized carbons (Fsp3) is 0. The molecule has 0 bridgehead atoms. The molecular formula is C2H3N3O. The van der Waals surface area contributed by atoms with E-state index in [-0.39, 0.29) is 0 Å². The van der Waals surface area contributed by atoms with Crippen LogP contribution in [0.5, 0.6) is 0 Å². The van der Waals surface area contributed by atoms with Gasteiger partial charge in [0.05, 0.1) is 6.01 Å². The van der Waals surface area contributed by atoms with Gasteiger partial charge in [0.2, 0.25) is 6.08 Å². The first-order valence-electron chi connectivity index (χ1n) is 0.954. The molecule has 0 atom stereocenters. The van der Waals surface area contributed by atoms with Crippen LogP contribution in [0.3, 0.4) is 0 Å². The molecule has 0 unspecified atom stereocenters. The lowest BCUT2D eigenvalue weighted by atomic mass is 11.6. The van der Waals surface area contributed by atoms with E-state index in [9.17, 15) is 0 Å². The second kappa shape index (κ2) is 49.6. The number of hydrogen-bond acceptors (Lipinski definition) is 4. The van der Waals surface area contributed by atoms with Crippen LogP contribution in [-0.2, 0) is 4.79 Å². The summed E-state index contributed by atoms with van der Waals surface area (Å²) in [4.78, 5) is 8.35. The first kappa shape index (κ1) is 8.83. The van der Waals surface area contributed by atoms with Gasteiger partial charge in [0, 0.05) is 0 Å². The number of hydrogen-bond donors (Lipinski definition) is 3. The Bertz CT molecular complexity index is 62.8.